The van der Waals surface area contributed by atoms with Crippen molar-refractivity contribution in [1.82, 2.24) is 9.97 Å². The Morgan fingerprint density at radius 3 is 2.12 bits per heavy atom. The number of hydrogen-bond acceptors (Lipinski definition) is 5. The number of aliphatic hydroxyl groups is 1. The van der Waals surface area contributed by atoms with Crippen LogP contribution in [-0.2, 0) is 5.60 Å². The van der Waals surface area contributed by atoms with Crippen molar-refractivity contribution in [3.63, 3.8) is 0 Å². The predicted molar refractivity (Wildman–Crippen MR) is 75.1 cm³/mol. The Morgan fingerprint density at radius 1 is 1.12 bits per heavy atom. The van der Waals surface area contributed by atoms with Crippen LogP contribution in [0.3, 0.4) is 0 Å². The molecule has 2 heterocycles. The molecule has 0 fully saturated rings. The van der Waals surface area contributed by atoms with Gasteiger partial charge in [0.2, 0.25) is 0 Å². The Labute approximate surface area is 140 Å². The lowest BCUT2D eigenvalue weighted by Crippen LogP contribution is -2.53. The molecule has 0 aliphatic rings. The van der Waals surface area contributed by atoms with Crippen molar-refractivity contribution < 1.29 is 36.2 Å². The molecule has 0 atom stereocenters. The van der Waals surface area contributed by atoms with Crippen LogP contribution in [0.1, 0.15) is 15.2 Å². The molecule has 0 saturated carbocycles. The number of aromatic nitrogens is 2. The van der Waals surface area contributed by atoms with E-state index in [1.54, 1.807) is 0 Å². The van der Waals surface area contributed by atoms with Gasteiger partial charge < -0.3 is 5.11 Å². The Balaban J connectivity index is 2.40. The van der Waals surface area contributed by atoms with Crippen molar-refractivity contribution in [1.29, 1.82) is 0 Å². The number of anilines is 1. The molecule has 136 valence electrons. The highest BCUT2D eigenvalue weighted by atomic mass is 32.1. The topological polar surface area (TPSA) is 66.3 Å². The molecule has 12 heteroatoms. The number of rotatable bonds is 3. The quantitative estimate of drug-likeness (QED) is 0.825. The third kappa shape index (κ3) is 3.31. The van der Waals surface area contributed by atoms with Gasteiger partial charge in [-0.15, -0.1) is 0 Å². The van der Waals surface area contributed by atoms with Gasteiger partial charge in [-0.3, -0.25) is 14.7 Å². The second-order valence-corrected chi connectivity index (χ2v) is 5.82. The summed E-state index contributed by atoms with van der Waals surface area (Å²) in [4.78, 5) is 18.5. The Bertz CT molecular complexity index is 745. The summed E-state index contributed by atoms with van der Waals surface area (Å²) in [6.45, 7) is 0. The molecule has 2 aromatic rings. The number of pyridine rings is 1. The van der Waals surface area contributed by atoms with Crippen molar-refractivity contribution >= 4 is 22.4 Å². The zero-order chi connectivity index (χ0) is 19.0. The summed E-state index contributed by atoms with van der Waals surface area (Å²) < 4.78 is 77.0. The lowest BCUT2D eigenvalue weighted by atomic mass is 10.0. The van der Waals surface area contributed by atoms with E-state index in [-0.39, 0.29) is 23.1 Å². The van der Waals surface area contributed by atoms with Crippen molar-refractivity contribution in [3.8, 4) is 0 Å². The number of hydrogen-bond donors (Lipinski definition) is 1. The summed E-state index contributed by atoms with van der Waals surface area (Å²) in [5, 5.41) is 8.87. The fourth-order valence-electron chi connectivity index (χ4n) is 1.80. The van der Waals surface area contributed by atoms with Crippen LogP contribution in [-0.4, -0.2) is 40.4 Å². The molecule has 0 aliphatic heterocycles. The Hall–Kier alpha value is -2.21. The molecule has 2 rings (SSSR count). The molecule has 1 N–H and O–H groups in total. The standard InChI is InChI=1S/C13H9F6N3O2S/c1-22(9(23)7-2-4-20-5-3-7)10-21-6-8(25-10)11(24,12(14,15)16)13(17,18)19/h2-6,24H,1H3. The van der Waals surface area contributed by atoms with Gasteiger partial charge in [0.15, 0.2) is 5.13 Å². The lowest BCUT2D eigenvalue weighted by Gasteiger charge is -2.30. The molecule has 0 aromatic carbocycles. The van der Waals surface area contributed by atoms with Crippen molar-refractivity contribution in [2.45, 2.75) is 18.0 Å². The minimum Gasteiger partial charge on any atom is -0.369 e. The first-order valence-electron chi connectivity index (χ1n) is 6.40. The van der Waals surface area contributed by atoms with E-state index < -0.39 is 33.9 Å². The lowest BCUT2D eigenvalue weighted by molar-refractivity contribution is -0.375. The molecule has 0 unspecified atom stereocenters. The van der Waals surface area contributed by atoms with Gasteiger partial charge >= 0.3 is 12.4 Å². The van der Waals surface area contributed by atoms with E-state index >= 15 is 0 Å². The number of carbonyl (C=O) groups excluding carboxylic acids is 1. The van der Waals surface area contributed by atoms with Crippen LogP contribution < -0.4 is 4.90 Å². The molecule has 25 heavy (non-hydrogen) atoms. The highest BCUT2D eigenvalue weighted by Gasteiger charge is 2.72. The highest BCUT2D eigenvalue weighted by molar-refractivity contribution is 7.16. The maximum absolute atomic E-state index is 12.8. The Morgan fingerprint density at radius 2 is 1.64 bits per heavy atom. The number of halogens is 6. The molecule has 1 amide bonds. The number of alkyl halides is 6. The van der Waals surface area contributed by atoms with Gasteiger partial charge in [0.05, 0.1) is 4.88 Å². The maximum Gasteiger partial charge on any atom is 0.431 e. The molecular weight excluding hydrogens is 376 g/mol. The molecule has 5 nitrogen and oxygen atoms in total. The summed E-state index contributed by atoms with van der Waals surface area (Å²) in [6, 6.07) is 2.63. The summed E-state index contributed by atoms with van der Waals surface area (Å²) in [6.07, 6.45) is -9.19. The van der Waals surface area contributed by atoms with Crippen LogP contribution in [0.25, 0.3) is 0 Å². The van der Waals surface area contributed by atoms with E-state index in [4.69, 9.17) is 0 Å². The molecule has 0 saturated heterocycles. The number of nitrogens with zero attached hydrogens (tertiary/aromatic N) is 3. The zero-order valence-electron chi connectivity index (χ0n) is 12.3. The van der Waals surface area contributed by atoms with E-state index in [1.165, 1.54) is 24.5 Å². The van der Waals surface area contributed by atoms with E-state index in [1.807, 2.05) is 0 Å². The van der Waals surface area contributed by atoms with Gasteiger partial charge in [0, 0.05) is 31.2 Å². The van der Waals surface area contributed by atoms with Crippen LogP contribution >= 0.6 is 11.3 Å². The monoisotopic (exact) mass is 385 g/mol. The molecular formula is C13H9F6N3O2S. The van der Waals surface area contributed by atoms with Crippen LogP contribution in [0.2, 0.25) is 0 Å². The first-order chi connectivity index (χ1) is 11.4. The average Bonchev–Trinajstić information content (AvgIpc) is 3.01. The molecule has 2 aromatic heterocycles. The minimum absolute atomic E-state index is 0.0870. The van der Waals surface area contributed by atoms with Gasteiger partial charge in [-0.1, -0.05) is 11.3 Å². The van der Waals surface area contributed by atoms with E-state index in [0.717, 1.165) is 11.9 Å². The zero-order valence-corrected chi connectivity index (χ0v) is 13.1. The predicted octanol–water partition coefficient (Wildman–Crippen LogP) is 3.13. The van der Waals surface area contributed by atoms with Crippen LogP contribution in [0.15, 0.2) is 30.7 Å². The van der Waals surface area contributed by atoms with Crippen LogP contribution in [0.5, 0.6) is 0 Å². The fourth-order valence-corrected chi connectivity index (χ4v) is 2.81. The third-order valence-corrected chi connectivity index (χ3v) is 4.37. The smallest absolute Gasteiger partial charge is 0.369 e. The van der Waals surface area contributed by atoms with Crippen LogP contribution in [0, 0.1) is 0 Å². The van der Waals surface area contributed by atoms with Crippen LogP contribution in [0.4, 0.5) is 31.5 Å². The average molecular weight is 385 g/mol. The first kappa shape index (κ1) is 19.1. The summed E-state index contributed by atoms with van der Waals surface area (Å²) in [5.74, 6) is -0.717. The second kappa shape index (κ2) is 6.26. The van der Waals surface area contributed by atoms with E-state index in [9.17, 15) is 36.2 Å². The summed E-state index contributed by atoms with van der Waals surface area (Å²) >= 11 is -0.0870. The maximum atomic E-state index is 12.8. The summed E-state index contributed by atoms with van der Waals surface area (Å²) in [7, 11) is 1.13. The molecule has 0 spiro atoms. The largest absolute Gasteiger partial charge is 0.431 e. The number of carbonyl (C=O) groups is 1. The molecule has 0 bridgehead atoms. The SMILES string of the molecule is CN(C(=O)c1ccncc1)c1ncc(C(O)(C(F)(F)F)C(F)(F)F)s1. The second-order valence-electron chi connectivity index (χ2n) is 4.81. The third-order valence-electron chi connectivity index (χ3n) is 3.19. The van der Waals surface area contributed by atoms with Gasteiger partial charge in [0.1, 0.15) is 0 Å². The molecule has 0 aliphatic carbocycles. The normalized spacial score (nSPS) is 13.0. The molecule has 0 radical (unpaired) electrons. The number of amides is 1. The van der Waals surface area contributed by atoms with Crippen molar-refractivity contribution in [2.24, 2.45) is 0 Å². The van der Waals surface area contributed by atoms with Gasteiger partial charge in [0.25, 0.3) is 11.5 Å². The van der Waals surface area contributed by atoms with E-state index in [2.05, 4.69) is 9.97 Å². The van der Waals surface area contributed by atoms with Gasteiger partial charge in [-0.2, -0.15) is 26.3 Å². The van der Waals surface area contributed by atoms with E-state index in [0.29, 0.717) is 0 Å². The van der Waals surface area contributed by atoms with Crippen molar-refractivity contribution in [3.05, 3.63) is 41.2 Å². The highest BCUT2D eigenvalue weighted by Crippen LogP contribution is 2.52. The number of thiazole rings is 1. The first-order valence-corrected chi connectivity index (χ1v) is 7.21. The summed E-state index contributed by atoms with van der Waals surface area (Å²) in [5.41, 5.74) is -4.97. The fraction of sp³-hybridized carbons (Fsp3) is 0.308. The van der Waals surface area contributed by atoms with Crippen molar-refractivity contribution in [2.75, 3.05) is 11.9 Å². The van der Waals surface area contributed by atoms with Gasteiger partial charge in [-0.25, -0.2) is 4.98 Å². The Kier molecular flexibility index (Phi) is 4.79. The minimum atomic E-state index is -6.01. The van der Waals surface area contributed by atoms with Gasteiger partial charge in [-0.05, 0) is 12.1 Å².